The highest BCUT2D eigenvalue weighted by molar-refractivity contribution is 5.60. The van der Waals surface area contributed by atoms with E-state index in [4.69, 9.17) is 0 Å². The summed E-state index contributed by atoms with van der Waals surface area (Å²) in [5.41, 5.74) is 4.31. The van der Waals surface area contributed by atoms with Gasteiger partial charge in [0.25, 0.3) is 0 Å². The van der Waals surface area contributed by atoms with Gasteiger partial charge in [0, 0.05) is 24.0 Å². The Balaban J connectivity index is 1.92. The summed E-state index contributed by atoms with van der Waals surface area (Å²) < 4.78 is 2.06. The van der Waals surface area contributed by atoms with Crippen molar-refractivity contribution in [1.82, 2.24) is 19.6 Å². The number of fused-ring (bicyclic) bond motifs is 2. The van der Waals surface area contributed by atoms with Gasteiger partial charge in [0.2, 0.25) is 0 Å². The number of rotatable bonds is 1. The van der Waals surface area contributed by atoms with Crippen LogP contribution in [0, 0.1) is 13.8 Å². The third-order valence-corrected chi connectivity index (χ3v) is 3.86. The van der Waals surface area contributed by atoms with Crippen LogP contribution < -0.4 is 5.32 Å². The third kappa shape index (κ3) is 1.52. The van der Waals surface area contributed by atoms with Gasteiger partial charge in [-0.05, 0) is 25.5 Å². The van der Waals surface area contributed by atoms with Crippen molar-refractivity contribution in [1.29, 1.82) is 0 Å². The molecular formula is C15H15N5. The smallest absolute Gasteiger partial charge is 0.164 e. The second-order valence-corrected chi connectivity index (χ2v) is 5.22. The summed E-state index contributed by atoms with van der Waals surface area (Å²) in [5, 5.41) is 12.1. The largest absolute Gasteiger partial charge is 0.384 e. The van der Waals surface area contributed by atoms with E-state index < -0.39 is 0 Å². The monoisotopic (exact) mass is 265 g/mol. The normalized spacial score (nSPS) is 17.2. The lowest BCUT2D eigenvalue weighted by atomic mass is 10.0. The molecule has 2 aromatic heterocycles. The summed E-state index contributed by atoms with van der Waals surface area (Å²) in [6.45, 7) is 4.84. The standard InChI is InChI=1S/C15H15N5/c1-9-7-14-18-19-15(20(14)10(2)17-9)12-8-16-13-6-4-3-5-11(12)13/h3-7,12,16H,8H2,1-2H3. The van der Waals surface area contributed by atoms with Crippen LogP contribution in [0.1, 0.15) is 28.8 Å². The van der Waals surface area contributed by atoms with Crippen LogP contribution >= 0.6 is 0 Å². The first kappa shape index (κ1) is 11.4. The van der Waals surface area contributed by atoms with Crippen LogP contribution in [0.4, 0.5) is 5.69 Å². The minimum Gasteiger partial charge on any atom is -0.384 e. The van der Waals surface area contributed by atoms with E-state index in [1.807, 2.05) is 26.0 Å². The summed E-state index contributed by atoms with van der Waals surface area (Å²) in [6.07, 6.45) is 0. The zero-order valence-electron chi connectivity index (χ0n) is 11.5. The molecular weight excluding hydrogens is 250 g/mol. The summed E-state index contributed by atoms with van der Waals surface area (Å²) in [5.74, 6) is 2.12. The van der Waals surface area contributed by atoms with E-state index in [1.165, 1.54) is 11.3 Å². The molecule has 0 saturated heterocycles. The summed E-state index contributed by atoms with van der Waals surface area (Å²) in [4.78, 5) is 4.52. The summed E-state index contributed by atoms with van der Waals surface area (Å²) in [6, 6.07) is 10.3. The van der Waals surface area contributed by atoms with Crippen LogP contribution in [0.5, 0.6) is 0 Å². The summed E-state index contributed by atoms with van der Waals surface area (Å²) >= 11 is 0. The Bertz CT molecular complexity index is 805. The van der Waals surface area contributed by atoms with Crippen LogP contribution in [-0.4, -0.2) is 26.1 Å². The van der Waals surface area contributed by atoms with Crippen LogP contribution in [0.15, 0.2) is 30.3 Å². The van der Waals surface area contributed by atoms with Gasteiger partial charge in [-0.25, -0.2) is 4.98 Å². The van der Waals surface area contributed by atoms with Crippen molar-refractivity contribution in [2.45, 2.75) is 19.8 Å². The molecule has 100 valence electrons. The van der Waals surface area contributed by atoms with Gasteiger partial charge in [-0.3, -0.25) is 4.40 Å². The molecule has 1 atom stereocenters. The van der Waals surface area contributed by atoms with Gasteiger partial charge in [-0.2, -0.15) is 0 Å². The molecule has 1 N–H and O–H groups in total. The molecule has 0 amide bonds. The second-order valence-electron chi connectivity index (χ2n) is 5.22. The molecule has 0 fully saturated rings. The molecule has 0 bridgehead atoms. The number of para-hydroxylation sites is 1. The zero-order valence-corrected chi connectivity index (χ0v) is 11.5. The number of aryl methyl sites for hydroxylation is 2. The molecule has 1 aliphatic rings. The maximum atomic E-state index is 4.52. The van der Waals surface area contributed by atoms with Gasteiger partial charge in [0.15, 0.2) is 5.65 Å². The molecule has 3 aromatic rings. The molecule has 4 rings (SSSR count). The van der Waals surface area contributed by atoms with Gasteiger partial charge >= 0.3 is 0 Å². The Morgan fingerprint density at radius 3 is 2.95 bits per heavy atom. The number of nitrogens with zero attached hydrogens (tertiary/aromatic N) is 4. The second kappa shape index (κ2) is 4.03. The van der Waals surface area contributed by atoms with E-state index in [0.29, 0.717) is 0 Å². The average molecular weight is 265 g/mol. The minimum atomic E-state index is 0.226. The fraction of sp³-hybridized carbons (Fsp3) is 0.267. The predicted molar refractivity (Wildman–Crippen MR) is 77.0 cm³/mol. The molecule has 0 spiro atoms. The predicted octanol–water partition coefficient (Wildman–Crippen LogP) is 2.30. The third-order valence-electron chi connectivity index (χ3n) is 3.86. The molecule has 1 unspecified atom stereocenters. The van der Waals surface area contributed by atoms with E-state index in [1.54, 1.807) is 0 Å². The lowest BCUT2D eigenvalue weighted by Gasteiger charge is -2.10. The molecule has 3 heterocycles. The van der Waals surface area contributed by atoms with Gasteiger partial charge < -0.3 is 5.32 Å². The van der Waals surface area contributed by atoms with E-state index in [2.05, 4.69) is 43.1 Å². The van der Waals surface area contributed by atoms with Gasteiger partial charge in [-0.1, -0.05) is 18.2 Å². The minimum absolute atomic E-state index is 0.226. The lowest BCUT2D eigenvalue weighted by Crippen LogP contribution is -2.10. The van der Waals surface area contributed by atoms with Gasteiger partial charge in [0.1, 0.15) is 11.6 Å². The van der Waals surface area contributed by atoms with Crippen LogP contribution in [0.3, 0.4) is 0 Å². The number of benzene rings is 1. The van der Waals surface area contributed by atoms with Crippen LogP contribution in [0.25, 0.3) is 5.65 Å². The SMILES string of the molecule is Cc1cc2nnc(C3CNc4ccccc43)n2c(C)n1. The topological polar surface area (TPSA) is 55.1 Å². The Kier molecular flexibility index (Phi) is 2.30. The van der Waals surface area contributed by atoms with Crippen molar-refractivity contribution in [3.63, 3.8) is 0 Å². The van der Waals surface area contributed by atoms with Crippen molar-refractivity contribution < 1.29 is 0 Å². The maximum Gasteiger partial charge on any atom is 0.164 e. The Morgan fingerprint density at radius 1 is 1.20 bits per heavy atom. The number of hydrogen-bond donors (Lipinski definition) is 1. The highest BCUT2D eigenvalue weighted by atomic mass is 15.3. The van der Waals surface area contributed by atoms with Gasteiger partial charge in [0.05, 0.1) is 5.92 Å². The number of aromatic nitrogens is 4. The van der Waals surface area contributed by atoms with Crippen molar-refractivity contribution in [2.24, 2.45) is 0 Å². The Labute approximate surface area is 116 Å². The van der Waals surface area contributed by atoms with E-state index in [-0.39, 0.29) is 5.92 Å². The first-order valence-electron chi connectivity index (χ1n) is 6.76. The molecule has 20 heavy (non-hydrogen) atoms. The Hall–Kier alpha value is -2.43. The quantitative estimate of drug-likeness (QED) is 0.733. The number of anilines is 1. The van der Waals surface area contributed by atoms with Gasteiger partial charge in [-0.15, -0.1) is 10.2 Å². The molecule has 1 aliphatic heterocycles. The molecule has 0 aliphatic carbocycles. The first-order valence-corrected chi connectivity index (χ1v) is 6.76. The number of nitrogens with one attached hydrogen (secondary N) is 1. The van der Waals surface area contributed by atoms with Crippen LogP contribution in [-0.2, 0) is 0 Å². The fourth-order valence-electron chi connectivity index (χ4n) is 3.00. The fourth-order valence-corrected chi connectivity index (χ4v) is 3.00. The Morgan fingerprint density at radius 2 is 2.05 bits per heavy atom. The van der Waals surface area contributed by atoms with Crippen molar-refractivity contribution in [3.05, 3.63) is 53.2 Å². The van der Waals surface area contributed by atoms with Crippen molar-refractivity contribution in [3.8, 4) is 0 Å². The van der Waals surface area contributed by atoms with E-state index in [9.17, 15) is 0 Å². The maximum absolute atomic E-state index is 4.52. The zero-order chi connectivity index (χ0) is 13.7. The highest BCUT2D eigenvalue weighted by Crippen LogP contribution is 2.35. The average Bonchev–Trinajstić information content (AvgIpc) is 3.01. The first-order chi connectivity index (χ1) is 9.74. The van der Waals surface area contributed by atoms with E-state index >= 15 is 0 Å². The molecule has 0 radical (unpaired) electrons. The van der Waals surface area contributed by atoms with E-state index in [0.717, 1.165) is 29.5 Å². The highest BCUT2D eigenvalue weighted by Gasteiger charge is 2.28. The van der Waals surface area contributed by atoms with Crippen LogP contribution in [0.2, 0.25) is 0 Å². The number of hydrogen-bond acceptors (Lipinski definition) is 4. The lowest BCUT2D eigenvalue weighted by molar-refractivity contribution is 0.771. The summed E-state index contributed by atoms with van der Waals surface area (Å²) in [7, 11) is 0. The molecule has 5 heteroatoms. The molecule has 0 saturated carbocycles. The molecule has 5 nitrogen and oxygen atoms in total. The molecule has 1 aromatic carbocycles. The van der Waals surface area contributed by atoms with Crippen molar-refractivity contribution in [2.75, 3.05) is 11.9 Å². The van der Waals surface area contributed by atoms with Crippen molar-refractivity contribution >= 4 is 11.3 Å².